The van der Waals surface area contributed by atoms with E-state index >= 15 is 0 Å². The van der Waals surface area contributed by atoms with Crippen LogP contribution in [0, 0.1) is 0 Å². The number of halogens is 5. The molecule has 1 aromatic carbocycles. The molecular formula is C20H18F5N5. The Morgan fingerprint density at radius 3 is 2.60 bits per heavy atom. The van der Waals surface area contributed by atoms with Crippen molar-refractivity contribution >= 4 is 16.9 Å². The second kappa shape index (κ2) is 7.75. The van der Waals surface area contributed by atoms with Crippen LogP contribution in [0.4, 0.5) is 27.8 Å². The fraction of sp³-hybridized carbons (Fsp3) is 0.350. The molecule has 1 fully saturated rings. The van der Waals surface area contributed by atoms with Gasteiger partial charge in [0.1, 0.15) is 11.6 Å². The maximum absolute atomic E-state index is 13.5. The standard InChI is InChI=1S/C20H18F5N5/c21-19(22)7-9-30(12-19)11-16-28-17-14(5-3-8-26-17)18(29-16)27-10-13-4-1-2-6-15(13)20(23,24)25/h1-6,8H,7,9-12H2,(H,26,27,28,29). The fourth-order valence-electron chi connectivity index (χ4n) is 3.48. The van der Waals surface area contributed by atoms with Gasteiger partial charge in [-0.05, 0) is 23.8 Å². The number of benzene rings is 1. The monoisotopic (exact) mass is 423 g/mol. The molecule has 0 atom stereocenters. The Hall–Kier alpha value is -2.88. The lowest BCUT2D eigenvalue weighted by atomic mass is 10.1. The molecule has 158 valence electrons. The molecule has 4 rings (SSSR count). The van der Waals surface area contributed by atoms with Crippen LogP contribution in [0.5, 0.6) is 0 Å². The van der Waals surface area contributed by atoms with Crippen LogP contribution < -0.4 is 5.32 Å². The predicted octanol–water partition coefficient (Wildman–Crippen LogP) is 4.50. The minimum Gasteiger partial charge on any atom is -0.365 e. The molecular weight excluding hydrogens is 405 g/mol. The van der Waals surface area contributed by atoms with Crippen LogP contribution in [0.1, 0.15) is 23.4 Å². The van der Waals surface area contributed by atoms with Gasteiger partial charge >= 0.3 is 6.18 Å². The molecule has 3 aromatic rings. The van der Waals surface area contributed by atoms with Crippen molar-refractivity contribution < 1.29 is 22.0 Å². The molecule has 0 radical (unpaired) electrons. The summed E-state index contributed by atoms with van der Waals surface area (Å²) < 4.78 is 66.7. The SMILES string of the molecule is FC1(F)CCN(Cc2nc(NCc3ccccc3C(F)(F)F)c3cccnc3n2)C1. The van der Waals surface area contributed by atoms with Gasteiger partial charge in [-0.1, -0.05) is 18.2 Å². The van der Waals surface area contributed by atoms with Gasteiger partial charge in [0.25, 0.3) is 5.92 Å². The first-order chi connectivity index (χ1) is 14.2. The zero-order valence-corrected chi connectivity index (χ0v) is 15.8. The Bertz CT molecular complexity index is 1050. The van der Waals surface area contributed by atoms with Crippen molar-refractivity contribution in [3.05, 3.63) is 59.5 Å². The summed E-state index contributed by atoms with van der Waals surface area (Å²) in [4.78, 5) is 14.4. The number of likely N-dealkylation sites (tertiary alicyclic amines) is 1. The number of hydrogen-bond donors (Lipinski definition) is 1. The van der Waals surface area contributed by atoms with Crippen LogP contribution in [0.25, 0.3) is 11.0 Å². The molecule has 5 nitrogen and oxygen atoms in total. The van der Waals surface area contributed by atoms with E-state index in [-0.39, 0.29) is 44.0 Å². The third kappa shape index (κ3) is 4.48. The number of pyridine rings is 1. The minimum atomic E-state index is -4.47. The molecule has 0 spiro atoms. The first-order valence-electron chi connectivity index (χ1n) is 9.32. The summed E-state index contributed by atoms with van der Waals surface area (Å²) in [6.07, 6.45) is -3.16. The second-order valence-electron chi connectivity index (χ2n) is 7.19. The van der Waals surface area contributed by atoms with E-state index in [1.807, 2.05) is 0 Å². The van der Waals surface area contributed by atoms with Crippen molar-refractivity contribution in [2.24, 2.45) is 0 Å². The molecule has 1 aliphatic heterocycles. The molecule has 10 heteroatoms. The largest absolute Gasteiger partial charge is 0.416 e. The Balaban J connectivity index is 1.61. The zero-order valence-electron chi connectivity index (χ0n) is 15.8. The van der Waals surface area contributed by atoms with Crippen molar-refractivity contribution in [1.82, 2.24) is 19.9 Å². The maximum atomic E-state index is 13.5. The summed E-state index contributed by atoms with van der Waals surface area (Å²) in [5.74, 6) is -2.14. The smallest absolute Gasteiger partial charge is 0.365 e. The average molecular weight is 423 g/mol. The molecule has 1 N–H and O–H groups in total. The van der Waals surface area contributed by atoms with Gasteiger partial charge in [-0.25, -0.2) is 23.7 Å². The van der Waals surface area contributed by atoms with Crippen LogP contribution in [0.3, 0.4) is 0 Å². The Kier molecular flexibility index (Phi) is 5.27. The molecule has 0 aliphatic carbocycles. The normalized spacial score (nSPS) is 16.8. The van der Waals surface area contributed by atoms with E-state index in [4.69, 9.17) is 0 Å². The summed E-state index contributed by atoms with van der Waals surface area (Å²) in [7, 11) is 0. The number of aromatic nitrogens is 3. The van der Waals surface area contributed by atoms with Gasteiger partial charge < -0.3 is 5.32 Å². The molecule has 3 heterocycles. The lowest BCUT2D eigenvalue weighted by molar-refractivity contribution is -0.138. The second-order valence-corrected chi connectivity index (χ2v) is 7.19. The molecule has 0 saturated carbocycles. The molecule has 0 amide bonds. The fourth-order valence-corrected chi connectivity index (χ4v) is 3.48. The van der Waals surface area contributed by atoms with Crippen LogP contribution in [-0.4, -0.2) is 38.9 Å². The molecule has 30 heavy (non-hydrogen) atoms. The van der Waals surface area contributed by atoms with Gasteiger partial charge in [0, 0.05) is 25.7 Å². The van der Waals surface area contributed by atoms with E-state index in [9.17, 15) is 22.0 Å². The van der Waals surface area contributed by atoms with Crippen molar-refractivity contribution in [2.75, 3.05) is 18.4 Å². The quantitative estimate of drug-likeness (QED) is 0.613. The summed E-state index contributed by atoms with van der Waals surface area (Å²) in [6, 6.07) is 8.65. The highest BCUT2D eigenvalue weighted by atomic mass is 19.4. The Morgan fingerprint density at radius 1 is 1.07 bits per heavy atom. The summed E-state index contributed by atoms with van der Waals surface area (Å²) in [6.45, 7) is -0.162. The molecule has 1 aliphatic rings. The Morgan fingerprint density at radius 2 is 1.87 bits per heavy atom. The third-order valence-corrected chi connectivity index (χ3v) is 4.90. The number of nitrogens with zero attached hydrogens (tertiary/aromatic N) is 4. The number of fused-ring (bicyclic) bond motifs is 1. The highest BCUT2D eigenvalue weighted by Gasteiger charge is 2.38. The van der Waals surface area contributed by atoms with E-state index in [0.717, 1.165) is 6.07 Å². The van der Waals surface area contributed by atoms with Crippen molar-refractivity contribution in [3.63, 3.8) is 0 Å². The average Bonchev–Trinajstić information content (AvgIpc) is 3.03. The highest BCUT2D eigenvalue weighted by molar-refractivity contribution is 5.86. The van der Waals surface area contributed by atoms with Gasteiger partial charge in [0.05, 0.1) is 24.0 Å². The van der Waals surface area contributed by atoms with E-state index in [1.165, 1.54) is 24.4 Å². The number of anilines is 1. The van der Waals surface area contributed by atoms with Gasteiger partial charge in [-0.3, -0.25) is 4.90 Å². The Labute approximate surface area is 169 Å². The number of hydrogen-bond acceptors (Lipinski definition) is 5. The molecule has 0 bridgehead atoms. The van der Waals surface area contributed by atoms with Crippen molar-refractivity contribution in [1.29, 1.82) is 0 Å². The number of rotatable bonds is 5. The number of alkyl halides is 5. The first-order valence-corrected chi connectivity index (χ1v) is 9.32. The third-order valence-electron chi connectivity index (χ3n) is 4.90. The molecule has 1 saturated heterocycles. The lowest BCUT2D eigenvalue weighted by Gasteiger charge is -2.17. The maximum Gasteiger partial charge on any atom is 0.416 e. The lowest BCUT2D eigenvalue weighted by Crippen LogP contribution is -2.26. The van der Waals surface area contributed by atoms with Crippen molar-refractivity contribution in [3.8, 4) is 0 Å². The topological polar surface area (TPSA) is 53.9 Å². The predicted molar refractivity (Wildman–Crippen MR) is 101 cm³/mol. The number of nitrogens with one attached hydrogen (secondary N) is 1. The van der Waals surface area contributed by atoms with Gasteiger partial charge in [0.2, 0.25) is 0 Å². The van der Waals surface area contributed by atoms with Crippen LogP contribution in [0.15, 0.2) is 42.6 Å². The summed E-state index contributed by atoms with van der Waals surface area (Å²) >= 11 is 0. The van der Waals surface area contributed by atoms with Crippen LogP contribution in [0.2, 0.25) is 0 Å². The van der Waals surface area contributed by atoms with Gasteiger partial charge in [-0.2, -0.15) is 13.2 Å². The van der Waals surface area contributed by atoms with E-state index < -0.39 is 17.7 Å². The van der Waals surface area contributed by atoms with Gasteiger partial charge in [-0.15, -0.1) is 0 Å². The van der Waals surface area contributed by atoms with E-state index in [2.05, 4.69) is 20.3 Å². The summed E-state index contributed by atoms with van der Waals surface area (Å²) in [5.41, 5.74) is -0.310. The molecule has 2 aromatic heterocycles. The highest BCUT2D eigenvalue weighted by Crippen LogP contribution is 2.32. The van der Waals surface area contributed by atoms with Gasteiger partial charge in [0.15, 0.2) is 5.65 Å². The van der Waals surface area contributed by atoms with E-state index in [0.29, 0.717) is 16.9 Å². The molecule has 0 unspecified atom stereocenters. The van der Waals surface area contributed by atoms with Crippen LogP contribution in [-0.2, 0) is 19.3 Å². The van der Waals surface area contributed by atoms with Crippen molar-refractivity contribution in [2.45, 2.75) is 31.6 Å². The summed E-state index contributed by atoms with van der Waals surface area (Å²) in [5, 5.41) is 3.48. The van der Waals surface area contributed by atoms with Crippen LogP contribution >= 0.6 is 0 Å². The zero-order chi connectivity index (χ0) is 21.4. The minimum absolute atomic E-state index is 0.0707. The van der Waals surface area contributed by atoms with E-state index in [1.54, 1.807) is 17.0 Å². The first kappa shape index (κ1) is 20.4.